The van der Waals surface area contributed by atoms with Crippen molar-refractivity contribution in [1.82, 2.24) is 5.32 Å². The van der Waals surface area contributed by atoms with Gasteiger partial charge < -0.3 is 10.4 Å². The summed E-state index contributed by atoms with van der Waals surface area (Å²) in [6, 6.07) is 10.0. The van der Waals surface area contributed by atoms with Crippen molar-refractivity contribution < 1.29 is 14.7 Å². The summed E-state index contributed by atoms with van der Waals surface area (Å²) in [4.78, 5) is 23.5. The molecular weight excluding hydrogens is 286 g/mol. The van der Waals surface area contributed by atoms with E-state index in [1.807, 2.05) is 18.2 Å². The summed E-state index contributed by atoms with van der Waals surface area (Å²) >= 11 is 1.58. The van der Waals surface area contributed by atoms with Crippen LogP contribution >= 0.6 is 11.8 Å². The number of carboxylic acids is 1. The van der Waals surface area contributed by atoms with Crippen LogP contribution in [0, 0.1) is 0 Å². The van der Waals surface area contributed by atoms with E-state index in [1.54, 1.807) is 11.8 Å². The third-order valence-corrected chi connectivity index (χ3v) is 5.17. The minimum atomic E-state index is -1.06. The molecule has 0 saturated carbocycles. The van der Waals surface area contributed by atoms with Crippen LogP contribution < -0.4 is 5.32 Å². The molecule has 1 aromatic rings. The maximum atomic E-state index is 12.1. The standard InChI is InChI=1S/C16H21NO3S/c1-12(13-5-3-2-4-6-13)7-8-14(18)17-16(15(19)20)9-10-21-11-16/h2-6,12H,7-11H2,1H3,(H,17,18)(H,19,20). The fourth-order valence-corrected chi connectivity index (χ4v) is 3.84. The van der Waals surface area contributed by atoms with Gasteiger partial charge in [0.05, 0.1) is 0 Å². The monoisotopic (exact) mass is 307 g/mol. The summed E-state index contributed by atoms with van der Waals surface area (Å²) in [5.41, 5.74) is 0.146. The Balaban J connectivity index is 1.86. The van der Waals surface area contributed by atoms with Gasteiger partial charge in [-0.3, -0.25) is 4.79 Å². The molecule has 1 amide bonds. The van der Waals surface area contributed by atoms with Crippen LogP contribution in [-0.4, -0.2) is 34.0 Å². The number of carbonyl (C=O) groups is 2. The number of amides is 1. The third kappa shape index (κ3) is 4.00. The number of nitrogens with one attached hydrogen (secondary N) is 1. The largest absolute Gasteiger partial charge is 0.479 e. The van der Waals surface area contributed by atoms with E-state index in [1.165, 1.54) is 5.56 Å². The van der Waals surface area contributed by atoms with Gasteiger partial charge in [-0.15, -0.1) is 0 Å². The lowest BCUT2D eigenvalue weighted by atomic mass is 9.95. The van der Waals surface area contributed by atoms with E-state index in [-0.39, 0.29) is 11.8 Å². The Bertz CT molecular complexity index is 498. The van der Waals surface area contributed by atoms with Crippen molar-refractivity contribution >= 4 is 23.6 Å². The Morgan fingerprint density at radius 2 is 2.10 bits per heavy atom. The molecule has 0 spiro atoms. The van der Waals surface area contributed by atoms with Crippen LogP contribution in [0.5, 0.6) is 0 Å². The summed E-state index contributed by atoms with van der Waals surface area (Å²) < 4.78 is 0. The van der Waals surface area contributed by atoms with Crippen LogP contribution in [0.1, 0.15) is 37.7 Å². The molecule has 4 nitrogen and oxygen atoms in total. The molecule has 1 fully saturated rings. The molecule has 2 unspecified atom stereocenters. The van der Waals surface area contributed by atoms with Crippen molar-refractivity contribution in [2.75, 3.05) is 11.5 Å². The van der Waals surface area contributed by atoms with E-state index in [4.69, 9.17) is 0 Å². The maximum absolute atomic E-state index is 12.1. The van der Waals surface area contributed by atoms with Gasteiger partial charge in [0.2, 0.25) is 5.91 Å². The van der Waals surface area contributed by atoms with Crippen molar-refractivity contribution in [3.05, 3.63) is 35.9 Å². The number of benzene rings is 1. The van der Waals surface area contributed by atoms with Gasteiger partial charge in [0.1, 0.15) is 5.54 Å². The Morgan fingerprint density at radius 3 is 2.67 bits per heavy atom. The van der Waals surface area contributed by atoms with Crippen LogP contribution in [0.15, 0.2) is 30.3 Å². The van der Waals surface area contributed by atoms with Gasteiger partial charge in [-0.25, -0.2) is 4.79 Å². The first-order valence-corrected chi connectivity index (χ1v) is 8.36. The van der Waals surface area contributed by atoms with E-state index in [0.717, 1.165) is 12.2 Å². The first-order chi connectivity index (χ1) is 10.0. The highest BCUT2D eigenvalue weighted by atomic mass is 32.2. The molecule has 1 saturated heterocycles. The molecular formula is C16H21NO3S. The topological polar surface area (TPSA) is 66.4 Å². The summed E-state index contributed by atoms with van der Waals surface area (Å²) in [5, 5.41) is 12.1. The molecule has 0 aromatic heterocycles. The van der Waals surface area contributed by atoms with Crippen molar-refractivity contribution in [2.24, 2.45) is 0 Å². The highest BCUT2D eigenvalue weighted by Crippen LogP contribution is 2.28. The second-order valence-electron chi connectivity index (χ2n) is 5.59. The highest BCUT2D eigenvalue weighted by molar-refractivity contribution is 7.99. The number of thioether (sulfide) groups is 1. The van der Waals surface area contributed by atoms with Gasteiger partial charge in [0, 0.05) is 12.2 Å². The molecule has 1 heterocycles. The van der Waals surface area contributed by atoms with Gasteiger partial charge in [0.15, 0.2) is 0 Å². The quantitative estimate of drug-likeness (QED) is 0.848. The van der Waals surface area contributed by atoms with E-state index in [0.29, 0.717) is 18.6 Å². The van der Waals surface area contributed by atoms with E-state index < -0.39 is 11.5 Å². The average molecular weight is 307 g/mol. The summed E-state index contributed by atoms with van der Waals surface area (Å²) in [5.74, 6) is 0.449. The van der Waals surface area contributed by atoms with Gasteiger partial charge in [0.25, 0.3) is 0 Å². The molecule has 1 aromatic carbocycles. The minimum Gasteiger partial charge on any atom is -0.479 e. The Kier molecular flexibility index (Phi) is 5.28. The Labute approximate surface area is 129 Å². The van der Waals surface area contributed by atoms with Crippen molar-refractivity contribution in [3.63, 3.8) is 0 Å². The van der Waals surface area contributed by atoms with Gasteiger partial charge in [-0.1, -0.05) is 37.3 Å². The molecule has 114 valence electrons. The average Bonchev–Trinajstić information content (AvgIpc) is 2.95. The molecule has 0 aliphatic carbocycles. The number of rotatable bonds is 6. The van der Waals surface area contributed by atoms with E-state index >= 15 is 0 Å². The molecule has 2 N–H and O–H groups in total. The lowest BCUT2D eigenvalue weighted by Gasteiger charge is -2.25. The lowest BCUT2D eigenvalue weighted by Crippen LogP contribution is -2.54. The smallest absolute Gasteiger partial charge is 0.330 e. The first-order valence-electron chi connectivity index (χ1n) is 7.20. The number of aliphatic carboxylic acids is 1. The number of carbonyl (C=O) groups excluding carboxylic acids is 1. The minimum absolute atomic E-state index is 0.164. The third-order valence-electron chi connectivity index (χ3n) is 3.98. The van der Waals surface area contributed by atoms with Gasteiger partial charge in [-0.05, 0) is 30.1 Å². The zero-order valence-electron chi connectivity index (χ0n) is 12.2. The summed E-state index contributed by atoms with van der Waals surface area (Å²) in [6.07, 6.45) is 1.58. The normalized spacial score (nSPS) is 22.7. The fourth-order valence-electron chi connectivity index (χ4n) is 2.51. The predicted octanol–water partition coefficient (Wildman–Crippen LogP) is 2.65. The van der Waals surface area contributed by atoms with E-state index in [2.05, 4.69) is 24.4 Å². The van der Waals surface area contributed by atoms with Gasteiger partial charge in [-0.2, -0.15) is 11.8 Å². The van der Waals surface area contributed by atoms with E-state index in [9.17, 15) is 14.7 Å². The number of carboxylic acid groups (broad SMARTS) is 1. The molecule has 21 heavy (non-hydrogen) atoms. The fraction of sp³-hybridized carbons (Fsp3) is 0.500. The molecule has 2 atom stereocenters. The maximum Gasteiger partial charge on any atom is 0.330 e. The number of hydrogen-bond donors (Lipinski definition) is 2. The van der Waals surface area contributed by atoms with Crippen LogP contribution in [0.2, 0.25) is 0 Å². The van der Waals surface area contributed by atoms with Gasteiger partial charge >= 0.3 is 5.97 Å². The first kappa shape index (κ1) is 15.9. The summed E-state index contributed by atoms with van der Waals surface area (Å²) in [6.45, 7) is 2.08. The zero-order valence-corrected chi connectivity index (χ0v) is 13.0. The lowest BCUT2D eigenvalue weighted by molar-refractivity contribution is -0.146. The predicted molar refractivity (Wildman–Crippen MR) is 84.5 cm³/mol. The second kappa shape index (κ2) is 6.98. The van der Waals surface area contributed by atoms with Crippen LogP contribution in [0.4, 0.5) is 0 Å². The summed E-state index contributed by atoms with van der Waals surface area (Å²) in [7, 11) is 0. The molecule has 1 aliphatic heterocycles. The SMILES string of the molecule is CC(CCC(=O)NC1(C(=O)O)CCSC1)c1ccccc1. The Hall–Kier alpha value is -1.49. The van der Waals surface area contributed by atoms with Crippen LogP contribution in [0.3, 0.4) is 0 Å². The Morgan fingerprint density at radius 1 is 1.38 bits per heavy atom. The van der Waals surface area contributed by atoms with Crippen molar-refractivity contribution in [1.29, 1.82) is 0 Å². The molecule has 0 bridgehead atoms. The molecule has 1 aliphatic rings. The highest BCUT2D eigenvalue weighted by Gasteiger charge is 2.43. The van der Waals surface area contributed by atoms with Crippen LogP contribution in [-0.2, 0) is 9.59 Å². The zero-order chi connectivity index (χ0) is 15.3. The van der Waals surface area contributed by atoms with Crippen molar-refractivity contribution in [2.45, 2.75) is 37.6 Å². The number of hydrogen-bond acceptors (Lipinski definition) is 3. The van der Waals surface area contributed by atoms with Crippen LogP contribution in [0.25, 0.3) is 0 Å². The molecule has 0 radical (unpaired) electrons. The molecule has 2 rings (SSSR count). The van der Waals surface area contributed by atoms with Crippen molar-refractivity contribution in [3.8, 4) is 0 Å². The second-order valence-corrected chi connectivity index (χ2v) is 6.69. The molecule has 5 heteroatoms.